The van der Waals surface area contributed by atoms with Gasteiger partial charge in [-0.1, -0.05) is 30.3 Å². The van der Waals surface area contributed by atoms with Gasteiger partial charge in [-0.2, -0.15) is 5.10 Å². The molecular formula is C23H17N5O. The predicted octanol–water partition coefficient (Wildman–Crippen LogP) is 4.44. The van der Waals surface area contributed by atoms with Gasteiger partial charge in [-0.15, -0.1) is 0 Å². The number of amides is 1. The van der Waals surface area contributed by atoms with Gasteiger partial charge in [-0.05, 0) is 42.5 Å². The molecule has 0 aliphatic rings. The first kappa shape index (κ1) is 16.9. The van der Waals surface area contributed by atoms with Gasteiger partial charge in [0.05, 0.1) is 17.1 Å². The van der Waals surface area contributed by atoms with Gasteiger partial charge < -0.3 is 9.72 Å². The number of aromatic nitrogens is 4. The summed E-state index contributed by atoms with van der Waals surface area (Å²) >= 11 is 0. The zero-order valence-corrected chi connectivity index (χ0v) is 15.4. The maximum atomic E-state index is 12.9. The molecule has 0 aliphatic carbocycles. The molecule has 0 atom stereocenters. The zero-order chi connectivity index (χ0) is 19.6. The second kappa shape index (κ2) is 7.09. The number of carbonyl (C=O) groups is 1. The van der Waals surface area contributed by atoms with E-state index in [0.717, 1.165) is 22.6 Å². The number of hydrogen-bond donors (Lipinski definition) is 1. The van der Waals surface area contributed by atoms with E-state index in [4.69, 9.17) is 0 Å². The predicted molar refractivity (Wildman–Crippen MR) is 112 cm³/mol. The molecule has 3 heterocycles. The average molecular weight is 379 g/mol. The van der Waals surface area contributed by atoms with Gasteiger partial charge in [-0.25, -0.2) is 9.67 Å². The Morgan fingerprint density at radius 3 is 2.66 bits per heavy atom. The maximum absolute atomic E-state index is 12.9. The number of fused-ring (bicyclic) bond motifs is 1. The van der Waals surface area contributed by atoms with Crippen LogP contribution in [0.4, 0.5) is 5.69 Å². The van der Waals surface area contributed by atoms with Crippen LogP contribution >= 0.6 is 0 Å². The first-order valence-corrected chi connectivity index (χ1v) is 9.22. The molecule has 0 radical (unpaired) electrons. The summed E-state index contributed by atoms with van der Waals surface area (Å²) in [6.45, 7) is 0. The Kier molecular flexibility index (Phi) is 4.14. The minimum Gasteiger partial charge on any atom is -0.321 e. The van der Waals surface area contributed by atoms with Crippen LogP contribution in [0.15, 0.2) is 97.6 Å². The van der Waals surface area contributed by atoms with E-state index in [2.05, 4.69) is 15.4 Å². The number of nitrogens with one attached hydrogen (secondary N) is 1. The fourth-order valence-electron chi connectivity index (χ4n) is 3.29. The third kappa shape index (κ3) is 3.27. The van der Waals surface area contributed by atoms with Gasteiger partial charge in [0.2, 0.25) is 0 Å². The largest absolute Gasteiger partial charge is 0.321 e. The van der Waals surface area contributed by atoms with Gasteiger partial charge in [0.15, 0.2) is 0 Å². The number of para-hydroxylation sites is 1. The molecule has 0 unspecified atom stereocenters. The van der Waals surface area contributed by atoms with Crippen molar-refractivity contribution in [3.8, 4) is 16.9 Å². The Morgan fingerprint density at radius 2 is 1.79 bits per heavy atom. The lowest BCUT2D eigenvalue weighted by Gasteiger charge is -2.10. The molecular weight excluding hydrogens is 362 g/mol. The van der Waals surface area contributed by atoms with E-state index < -0.39 is 0 Å². The molecule has 3 aromatic heterocycles. The van der Waals surface area contributed by atoms with E-state index in [9.17, 15) is 4.79 Å². The second-order valence-corrected chi connectivity index (χ2v) is 6.59. The Morgan fingerprint density at radius 1 is 0.897 bits per heavy atom. The number of hydrogen-bond acceptors (Lipinski definition) is 3. The van der Waals surface area contributed by atoms with Crippen LogP contribution in [0.2, 0.25) is 0 Å². The number of anilines is 1. The number of nitrogens with zero attached hydrogens (tertiary/aromatic N) is 4. The van der Waals surface area contributed by atoms with Crippen molar-refractivity contribution >= 4 is 17.2 Å². The molecule has 0 fully saturated rings. The van der Waals surface area contributed by atoms with Crippen molar-refractivity contribution in [1.82, 2.24) is 19.2 Å². The normalized spacial score (nSPS) is 10.9. The maximum Gasteiger partial charge on any atom is 0.255 e. The van der Waals surface area contributed by atoms with Crippen LogP contribution in [0.5, 0.6) is 0 Å². The molecule has 1 amide bonds. The van der Waals surface area contributed by atoms with Gasteiger partial charge in [-0.3, -0.25) is 4.79 Å². The number of carbonyl (C=O) groups excluding carboxylic acids is 1. The molecule has 140 valence electrons. The molecule has 6 heteroatoms. The van der Waals surface area contributed by atoms with Crippen molar-refractivity contribution in [1.29, 1.82) is 0 Å². The van der Waals surface area contributed by atoms with E-state index in [1.165, 1.54) is 0 Å². The molecule has 5 rings (SSSR count). The van der Waals surface area contributed by atoms with Gasteiger partial charge in [0, 0.05) is 35.9 Å². The number of benzene rings is 2. The summed E-state index contributed by atoms with van der Waals surface area (Å²) in [5, 5.41) is 7.24. The quantitative estimate of drug-likeness (QED) is 0.502. The summed E-state index contributed by atoms with van der Waals surface area (Å²) in [4.78, 5) is 17.6. The summed E-state index contributed by atoms with van der Waals surface area (Å²) in [6, 6.07) is 22.7. The van der Waals surface area contributed by atoms with Crippen molar-refractivity contribution in [2.24, 2.45) is 0 Å². The lowest BCUT2D eigenvalue weighted by atomic mass is 10.1. The molecule has 0 aliphatic heterocycles. The van der Waals surface area contributed by atoms with Crippen LogP contribution < -0.4 is 5.32 Å². The molecule has 0 bridgehead atoms. The molecule has 29 heavy (non-hydrogen) atoms. The summed E-state index contributed by atoms with van der Waals surface area (Å²) in [6.07, 6.45) is 7.46. The highest BCUT2D eigenvalue weighted by Crippen LogP contribution is 2.28. The van der Waals surface area contributed by atoms with E-state index >= 15 is 0 Å². The molecule has 1 N–H and O–H groups in total. The van der Waals surface area contributed by atoms with Crippen molar-refractivity contribution < 1.29 is 4.79 Å². The lowest BCUT2D eigenvalue weighted by Crippen LogP contribution is -2.13. The van der Waals surface area contributed by atoms with Crippen molar-refractivity contribution in [3.63, 3.8) is 0 Å². The lowest BCUT2D eigenvalue weighted by molar-refractivity contribution is 0.102. The first-order valence-electron chi connectivity index (χ1n) is 9.22. The Balaban J connectivity index is 1.47. The van der Waals surface area contributed by atoms with E-state index in [-0.39, 0.29) is 5.91 Å². The average Bonchev–Trinajstić information content (AvgIpc) is 3.44. The fourth-order valence-corrected chi connectivity index (χ4v) is 3.29. The molecule has 6 nitrogen and oxygen atoms in total. The number of pyridine rings is 1. The van der Waals surface area contributed by atoms with Gasteiger partial charge >= 0.3 is 0 Å². The Hall–Kier alpha value is -4.19. The van der Waals surface area contributed by atoms with Crippen LogP contribution in [-0.2, 0) is 0 Å². The number of imidazole rings is 1. The smallest absolute Gasteiger partial charge is 0.255 e. The number of rotatable bonds is 4. The monoisotopic (exact) mass is 379 g/mol. The molecule has 5 aromatic rings. The van der Waals surface area contributed by atoms with Crippen molar-refractivity contribution in [2.45, 2.75) is 0 Å². The summed E-state index contributed by atoms with van der Waals surface area (Å²) in [5.41, 5.74) is 4.63. The third-order valence-corrected chi connectivity index (χ3v) is 4.69. The van der Waals surface area contributed by atoms with Gasteiger partial charge in [0.25, 0.3) is 5.91 Å². The van der Waals surface area contributed by atoms with E-state index in [1.807, 2.05) is 89.7 Å². The highest BCUT2D eigenvalue weighted by molar-refractivity contribution is 6.06. The SMILES string of the molecule is O=C(Nc1ccccc1-c1cn2ccccc2n1)c1cccc(-n2cccn2)c1. The highest BCUT2D eigenvalue weighted by atomic mass is 16.1. The molecule has 0 spiro atoms. The summed E-state index contributed by atoms with van der Waals surface area (Å²) in [7, 11) is 0. The van der Waals surface area contributed by atoms with Crippen LogP contribution in [0.25, 0.3) is 22.6 Å². The minimum atomic E-state index is -0.185. The Bertz CT molecular complexity index is 1270. The highest BCUT2D eigenvalue weighted by Gasteiger charge is 2.13. The second-order valence-electron chi connectivity index (χ2n) is 6.59. The van der Waals surface area contributed by atoms with E-state index in [0.29, 0.717) is 11.3 Å². The molecule has 2 aromatic carbocycles. The first-order chi connectivity index (χ1) is 14.3. The van der Waals surface area contributed by atoms with Crippen molar-refractivity contribution in [3.05, 3.63) is 103 Å². The van der Waals surface area contributed by atoms with E-state index in [1.54, 1.807) is 16.9 Å². The van der Waals surface area contributed by atoms with Crippen LogP contribution in [0.3, 0.4) is 0 Å². The standard InChI is InChI=1S/C23H17N5O/c29-23(17-7-5-8-18(15-17)28-14-6-12-24-28)26-20-10-2-1-9-19(20)21-16-27-13-4-3-11-22(27)25-21/h1-16H,(H,26,29). The molecule has 0 saturated heterocycles. The molecule has 0 saturated carbocycles. The third-order valence-electron chi connectivity index (χ3n) is 4.69. The summed E-state index contributed by atoms with van der Waals surface area (Å²) < 4.78 is 3.68. The van der Waals surface area contributed by atoms with Gasteiger partial charge in [0.1, 0.15) is 5.65 Å². The van der Waals surface area contributed by atoms with Crippen LogP contribution in [0, 0.1) is 0 Å². The topological polar surface area (TPSA) is 64.2 Å². The summed E-state index contributed by atoms with van der Waals surface area (Å²) in [5.74, 6) is -0.185. The van der Waals surface area contributed by atoms with Crippen LogP contribution in [0.1, 0.15) is 10.4 Å². The Labute approximate surface area is 167 Å². The van der Waals surface area contributed by atoms with Crippen molar-refractivity contribution in [2.75, 3.05) is 5.32 Å². The zero-order valence-electron chi connectivity index (χ0n) is 15.4. The fraction of sp³-hybridized carbons (Fsp3) is 0. The minimum absolute atomic E-state index is 0.185. The van der Waals surface area contributed by atoms with Crippen LogP contribution in [-0.4, -0.2) is 25.1 Å².